The summed E-state index contributed by atoms with van der Waals surface area (Å²) in [5, 5.41) is 12.1. The summed E-state index contributed by atoms with van der Waals surface area (Å²) in [4.78, 5) is 13.6. The number of carbonyl (C=O) groups excluding carboxylic acids is 1. The van der Waals surface area contributed by atoms with Crippen LogP contribution < -0.4 is 5.32 Å². The van der Waals surface area contributed by atoms with Crippen molar-refractivity contribution in [2.45, 2.75) is 38.8 Å². The maximum Gasteiger partial charge on any atom is 0.151 e. The minimum Gasteiger partial charge on any atom is -0.395 e. The molecule has 1 fully saturated rings. The molecular formula is C11H22N2O2. The van der Waals surface area contributed by atoms with Crippen LogP contribution in [0.15, 0.2) is 0 Å². The van der Waals surface area contributed by atoms with E-state index in [1.54, 1.807) is 0 Å². The Bertz CT molecular complexity index is 207. The van der Waals surface area contributed by atoms with Crippen molar-refractivity contribution in [1.82, 2.24) is 10.2 Å². The molecule has 1 heterocycles. The number of carbonyl (C=O) groups is 1. The number of hydrogen-bond acceptors (Lipinski definition) is 4. The van der Waals surface area contributed by atoms with Gasteiger partial charge in [0.25, 0.3) is 0 Å². The van der Waals surface area contributed by atoms with E-state index in [1.807, 2.05) is 0 Å². The van der Waals surface area contributed by atoms with Gasteiger partial charge in [-0.2, -0.15) is 0 Å². The van der Waals surface area contributed by atoms with Crippen LogP contribution in [0.3, 0.4) is 0 Å². The molecule has 1 unspecified atom stereocenters. The Morgan fingerprint density at radius 2 is 2.27 bits per heavy atom. The van der Waals surface area contributed by atoms with Gasteiger partial charge < -0.3 is 10.4 Å². The van der Waals surface area contributed by atoms with Crippen molar-refractivity contribution in [1.29, 1.82) is 0 Å². The van der Waals surface area contributed by atoms with E-state index in [1.165, 1.54) is 0 Å². The summed E-state index contributed by atoms with van der Waals surface area (Å²) in [5.74, 6) is 0.336. The van der Waals surface area contributed by atoms with Crippen molar-refractivity contribution in [3.8, 4) is 0 Å². The number of aliphatic hydroxyl groups excluding tert-OH is 1. The minimum absolute atomic E-state index is 0.0462. The van der Waals surface area contributed by atoms with Gasteiger partial charge in [0.1, 0.15) is 0 Å². The largest absolute Gasteiger partial charge is 0.395 e. The zero-order valence-corrected chi connectivity index (χ0v) is 9.70. The topological polar surface area (TPSA) is 52.6 Å². The summed E-state index contributed by atoms with van der Waals surface area (Å²) in [5.41, 5.74) is 0. The van der Waals surface area contributed by atoms with E-state index in [2.05, 4.69) is 24.1 Å². The lowest BCUT2D eigenvalue weighted by atomic mass is 10.1. The monoisotopic (exact) mass is 214 g/mol. The number of hydrogen-bond donors (Lipinski definition) is 2. The molecule has 0 aromatic heterocycles. The fraction of sp³-hybridized carbons (Fsp3) is 0.909. The molecule has 4 heteroatoms. The predicted octanol–water partition coefficient (Wildman–Crippen LogP) is 0.0102. The molecule has 4 nitrogen and oxygen atoms in total. The van der Waals surface area contributed by atoms with Crippen LogP contribution in [0.25, 0.3) is 0 Å². The van der Waals surface area contributed by atoms with Crippen LogP contribution in [-0.4, -0.2) is 54.1 Å². The van der Waals surface area contributed by atoms with Crippen molar-refractivity contribution in [2.24, 2.45) is 0 Å². The molecule has 1 rings (SSSR count). The fourth-order valence-electron chi connectivity index (χ4n) is 1.97. The number of nitrogens with one attached hydrogen (secondary N) is 1. The predicted molar refractivity (Wildman–Crippen MR) is 59.8 cm³/mol. The van der Waals surface area contributed by atoms with Gasteiger partial charge in [0.15, 0.2) is 5.78 Å². The smallest absolute Gasteiger partial charge is 0.151 e. The Labute approximate surface area is 91.6 Å². The maximum absolute atomic E-state index is 11.4. The third kappa shape index (κ3) is 3.89. The second-order valence-corrected chi connectivity index (χ2v) is 4.37. The minimum atomic E-state index is 0.0462. The first-order chi connectivity index (χ1) is 7.15. The average molecular weight is 214 g/mol. The summed E-state index contributed by atoms with van der Waals surface area (Å²) in [6, 6.07) is 0.471. The van der Waals surface area contributed by atoms with Crippen molar-refractivity contribution in [3.63, 3.8) is 0 Å². The molecular weight excluding hydrogens is 192 g/mol. The number of aliphatic hydroxyl groups is 1. The molecule has 0 saturated carbocycles. The van der Waals surface area contributed by atoms with Gasteiger partial charge in [-0.05, 0) is 20.3 Å². The van der Waals surface area contributed by atoms with Crippen molar-refractivity contribution >= 4 is 5.78 Å². The summed E-state index contributed by atoms with van der Waals surface area (Å²) < 4.78 is 0. The molecule has 0 aromatic rings. The van der Waals surface area contributed by atoms with E-state index in [-0.39, 0.29) is 12.6 Å². The maximum atomic E-state index is 11.4. The third-order valence-electron chi connectivity index (χ3n) is 2.97. The second kappa shape index (κ2) is 6.20. The van der Waals surface area contributed by atoms with Gasteiger partial charge in [-0.3, -0.25) is 9.69 Å². The van der Waals surface area contributed by atoms with Crippen molar-refractivity contribution < 1.29 is 9.90 Å². The normalized spacial score (nSPS) is 21.9. The molecule has 88 valence electrons. The molecule has 1 atom stereocenters. The quantitative estimate of drug-likeness (QED) is 0.654. The lowest BCUT2D eigenvalue weighted by Gasteiger charge is -2.26. The number of ketones is 1. The van der Waals surface area contributed by atoms with Crippen molar-refractivity contribution in [2.75, 3.05) is 26.2 Å². The molecule has 2 N–H and O–H groups in total. The van der Waals surface area contributed by atoms with Gasteiger partial charge in [0.05, 0.1) is 12.6 Å². The number of rotatable bonds is 6. The van der Waals surface area contributed by atoms with Gasteiger partial charge in [0, 0.05) is 32.1 Å². The Balaban J connectivity index is 2.29. The van der Waals surface area contributed by atoms with Crippen LogP contribution in [0.1, 0.15) is 26.7 Å². The van der Waals surface area contributed by atoms with Crippen LogP contribution in [0.2, 0.25) is 0 Å². The Morgan fingerprint density at radius 1 is 1.53 bits per heavy atom. The molecule has 1 saturated heterocycles. The summed E-state index contributed by atoms with van der Waals surface area (Å²) in [6.07, 6.45) is 1.53. The van der Waals surface area contributed by atoms with Gasteiger partial charge in [-0.15, -0.1) is 0 Å². The first-order valence-corrected chi connectivity index (χ1v) is 5.76. The number of nitrogens with zero attached hydrogens (tertiary/aromatic N) is 1. The highest BCUT2D eigenvalue weighted by molar-refractivity contribution is 5.86. The van der Waals surface area contributed by atoms with Crippen molar-refractivity contribution in [3.05, 3.63) is 0 Å². The highest BCUT2D eigenvalue weighted by Crippen LogP contribution is 2.07. The summed E-state index contributed by atoms with van der Waals surface area (Å²) >= 11 is 0. The zero-order valence-electron chi connectivity index (χ0n) is 9.70. The zero-order chi connectivity index (χ0) is 11.3. The van der Waals surface area contributed by atoms with Gasteiger partial charge in [-0.1, -0.05) is 0 Å². The molecule has 0 radical (unpaired) electrons. The third-order valence-corrected chi connectivity index (χ3v) is 2.97. The van der Waals surface area contributed by atoms with Crippen LogP contribution in [-0.2, 0) is 4.79 Å². The Kier molecular flexibility index (Phi) is 5.22. The molecule has 1 aliphatic heterocycles. The highest BCUT2D eigenvalue weighted by atomic mass is 16.3. The van der Waals surface area contributed by atoms with E-state index >= 15 is 0 Å². The van der Waals surface area contributed by atoms with E-state index in [4.69, 9.17) is 5.11 Å². The second-order valence-electron chi connectivity index (χ2n) is 4.37. The van der Waals surface area contributed by atoms with E-state index in [0.29, 0.717) is 24.8 Å². The van der Waals surface area contributed by atoms with Crippen LogP contribution in [0, 0.1) is 0 Å². The molecule has 0 bridgehead atoms. The number of Topliss-reactive ketones (excluding diaryl/α,β-unsaturated/α-hetero) is 1. The lowest BCUT2D eigenvalue weighted by Crippen LogP contribution is -2.38. The van der Waals surface area contributed by atoms with Gasteiger partial charge in [0.2, 0.25) is 0 Å². The molecule has 0 aromatic carbocycles. The molecule has 0 amide bonds. The standard InChI is InChI=1S/C11H22N2O2/c1-9(2)13(7-8-14)6-4-10-11(15)3-5-12-10/h9-10,12,14H,3-8H2,1-2H3. The van der Waals surface area contributed by atoms with E-state index < -0.39 is 0 Å². The van der Waals surface area contributed by atoms with Crippen LogP contribution >= 0.6 is 0 Å². The molecule has 0 aliphatic carbocycles. The fourth-order valence-corrected chi connectivity index (χ4v) is 1.97. The Hall–Kier alpha value is -0.450. The first kappa shape index (κ1) is 12.6. The summed E-state index contributed by atoms with van der Waals surface area (Å²) in [6.45, 7) is 6.80. The highest BCUT2D eigenvalue weighted by Gasteiger charge is 2.24. The van der Waals surface area contributed by atoms with Gasteiger partial charge >= 0.3 is 0 Å². The van der Waals surface area contributed by atoms with E-state index in [9.17, 15) is 4.79 Å². The van der Waals surface area contributed by atoms with E-state index in [0.717, 1.165) is 19.5 Å². The molecule has 1 aliphatic rings. The van der Waals surface area contributed by atoms with Gasteiger partial charge in [-0.25, -0.2) is 0 Å². The molecule has 0 spiro atoms. The van der Waals surface area contributed by atoms with Crippen LogP contribution in [0.4, 0.5) is 0 Å². The Morgan fingerprint density at radius 3 is 2.73 bits per heavy atom. The molecule has 15 heavy (non-hydrogen) atoms. The summed E-state index contributed by atoms with van der Waals surface area (Å²) in [7, 11) is 0. The SMILES string of the molecule is CC(C)N(CCO)CCC1NCCC1=O. The van der Waals surface area contributed by atoms with Crippen LogP contribution in [0.5, 0.6) is 0 Å². The average Bonchev–Trinajstić information content (AvgIpc) is 2.58. The first-order valence-electron chi connectivity index (χ1n) is 5.76. The lowest BCUT2D eigenvalue weighted by molar-refractivity contribution is -0.118.